The molecule has 1 aliphatic heterocycles. The summed E-state index contributed by atoms with van der Waals surface area (Å²) in [5.74, 6) is -1.02. The lowest BCUT2D eigenvalue weighted by Gasteiger charge is -2.30. The molecule has 0 spiro atoms. The number of hydrogen-bond acceptors (Lipinski definition) is 18. The third-order valence-corrected chi connectivity index (χ3v) is 14.3. The first-order valence-electron chi connectivity index (χ1n) is 21.6. The second-order valence-corrected chi connectivity index (χ2v) is 21.7. The maximum atomic E-state index is 12.7. The van der Waals surface area contributed by atoms with Crippen molar-refractivity contribution in [3.63, 3.8) is 0 Å². The number of unbranched alkanes of at least 4 members (excludes halogenated alkanes) is 12. The van der Waals surface area contributed by atoms with E-state index in [1.807, 2.05) is 0 Å². The molecule has 3 rings (SSSR count). The lowest BCUT2D eigenvalue weighted by atomic mass is 9.87. The molecule has 0 bridgehead atoms. The Morgan fingerprint density at radius 2 is 1.48 bits per heavy atom. The minimum atomic E-state index is -5.57. The largest absolute Gasteiger partial charge is 0.481 e. The van der Waals surface area contributed by atoms with Gasteiger partial charge in [-0.05, 0) is 6.42 Å². The molecule has 1 saturated heterocycles. The van der Waals surface area contributed by atoms with Gasteiger partial charge in [0.1, 0.15) is 36.3 Å². The van der Waals surface area contributed by atoms with Gasteiger partial charge in [0.25, 0.3) is 0 Å². The number of thioether (sulfide) groups is 1. The van der Waals surface area contributed by atoms with E-state index in [0.717, 1.165) is 48.2 Å². The molecule has 0 radical (unpaired) electrons. The van der Waals surface area contributed by atoms with E-state index in [9.17, 15) is 57.9 Å². The third kappa shape index (κ3) is 20.8. The SMILES string of the molecule is CCCCCCCCCCCCCCCC(=O)SCCNC(=O)CCNC(=O)[C@H](O)C(C)(C)COP(=O)(O)OP(=O)(O)OC[C@H]1O[C@@H](n2cnc3c(N)ncnc32)C(O)[C@H]1OP(=O)(O)O. The molecule has 2 aromatic heterocycles. The summed E-state index contributed by atoms with van der Waals surface area (Å²) in [6.07, 6.45) is 9.53. The van der Waals surface area contributed by atoms with Gasteiger partial charge in [0, 0.05) is 37.1 Å². The van der Waals surface area contributed by atoms with Crippen LogP contribution in [-0.2, 0) is 50.7 Å². The molecule has 7 atom stereocenters. The van der Waals surface area contributed by atoms with Crippen molar-refractivity contribution in [2.45, 2.75) is 148 Å². The predicted molar refractivity (Wildman–Crippen MR) is 237 cm³/mol. The number of nitrogens with two attached hydrogens (primary N) is 1. The minimum absolute atomic E-state index is 0.0338. The average molecular weight is 1010 g/mol. The molecule has 65 heavy (non-hydrogen) atoms. The molecular weight excluding hydrogens is 939 g/mol. The number of rotatable bonds is 33. The Morgan fingerprint density at radius 3 is 2.09 bits per heavy atom. The lowest BCUT2D eigenvalue weighted by Crippen LogP contribution is -2.46. The fourth-order valence-electron chi connectivity index (χ4n) is 6.65. The molecule has 2 aromatic rings. The molecule has 24 nitrogen and oxygen atoms in total. The number of hydrogen-bond donors (Lipinski definition) is 9. The van der Waals surface area contributed by atoms with Gasteiger partial charge in [0.15, 0.2) is 22.8 Å². The van der Waals surface area contributed by atoms with E-state index in [0.29, 0.717) is 12.2 Å². The number of nitrogens with zero attached hydrogens (tertiary/aromatic N) is 4. The van der Waals surface area contributed by atoms with Gasteiger partial charge in [-0.25, -0.2) is 28.6 Å². The zero-order chi connectivity index (χ0) is 48.3. The van der Waals surface area contributed by atoms with Crippen LogP contribution in [0.4, 0.5) is 5.82 Å². The van der Waals surface area contributed by atoms with Crippen LogP contribution in [0.3, 0.4) is 0 Å². The van der Waals surface area contributed by atoms with Gasteiger partial charge in [0.2, 0.25) is 11.8 Å². The normalized spacial score (nSPS) is 20.3. The lowest BCUT2D eigenvalue weighted by molar-refractivity contribution is -0.137. The fourth-order valence-corrected chi connectivity index (χ4v) is 10.2. The quantitative estimate of drug-likeness (QED) is 0.0358. The third-order valence-electron chi connectivity index (χ3n) is 10.2. The Balaban J connectivity index is 1.32. The number of carbonyl (C=O) groups excluding carboxylic acids is 3. The zero-order valence-electron chi connectivity index (χ0n) is 37.0. The number of phosphoric acid groups is 3. The van der Waals surface area contributed by atoms with E-state index in [1.54, 1.807) is 0 Å². The Bertz CT molecular complexity index is 1960. The number of aromatic nitrogens is 4. The van der Waals surface area contributed by atoms with Crippen LogP contribution < -0.4 is 16.4 Å². The molecule has 3 heterocycles. The van der Waals surface area contributed by atoms with Crippen molar-refractivity contribution in [3.8, 4) is 0 Å². The number of imidazole rings is 1. The second kappa shape index (κ2) is 27.5. The van der Waals surface area contributed by atoms with Crippen LogP contribution in [0.2, 0.25) is 0 Å². The van der Waals surface area contributed by atoms with Crippen molar-refractivity contribution in [3.05, 3.63) is 12.7 Å². The Labute approximate surface area is 382 Å². The van der Waals surface area contributed by atoms with Gasteiger partial charge < -0.3 is 50.9 Å². The molecular formula is C37H66N7O17P3S. The van der Waals surface area contributed by atoms with Crippen molar-refractivity contribution >= 4 is 69.1 Å². The number of nitrogens with one attached hydrogen (secondary N) is 2. The summed E-state index contributed by atoms with van der Waals surface area (Å²) in [6, 6.07) is 0. The number of phosphoric ester groups is 3. The van der Waals surface area contributed by atoms with Crippen LogP contribution in [0.15, 0.2) is 12.7 Å². The van der Waals surface area contributed by atoms with Crippen molar-refractivity contribution in [1.82, 2.24) is 30.2 Å². The van der Waals surface area contributed by atoms with Crippen LogP contribution >= 0.6 is 35.2 Å². The summed E-state index contributed by atoms with van der Waals surface area (Å²) in [5, 5.41) is 26.6. The summed E-state index contributed by atoms with van der Waals surface area (Å²) >= 11 is 1.15. The van der Waals surface area contributed by atoms with Crippen molar-refractivity contribution in [2.75, 3.05) is 37.8 Å². The van der Waals surface area contributed by atoms with E-state index in [1.165, 1.54) is 78.1 Å². The highest BCUT2D eigenvalue weighted by Crippen LogP contribution is 2.61. The van der Waals surface area contributed by atoms with E-state index >= 15 is 0 Å². The van der Waals surface area contributed by atoms with Gasteiger partial charge in [-0.1, -0.05) is 110 Å². The first-order valence-corrected chi connectivity index (χ1v) is 27.1. The van der Waals surface area contributed by atoms with Crippen molar-refractivity contribution in [1.29, 1.82) is 0 Å². The topological polar surface area (TPSA) is 364 Å². The summed E-state index contributed by atoms with van der Waals surface area (Å²) in [7, 11) is -16.4. The highest BCUT2D eigenvalue weighted by Gasteiger charge is 2.50. The Morgan fingerprint density at radius 1 is 0.877 bits per heavy atom. The number of ether oxygens (including phenoxy) is 1. The highest BCUT2D eigenvalue weighted by molar-refractivity contribution is 8.13. The molecule has 2 amide bonds. The Hall–Kier alpha value is -2.44. The van der Waals surface area contributed by atoms with Gasteiger partial charge >= 0.3 is 23.5 Å². The second-order valence-electron chi connectivity index (χ2n) is 16.3. The zero-order valence-corrected chi connectivity index (χ0v) is 40.5. The molecule has 10 N–H and O–H groups in total. The van der Waals surface area contributed by atoms with Gasteiger partial charge in [-0.15, -0.1) is 0 Å². The van der Waals surface area contributed by atoms with Gasteiger partial charge in [-0.2, -0.15) is 4.31 Å². The molecule has 372 valence electrons. The molecule has 28 heteroatoms. The first kappa shape index (κ1) is 56.9. The number of amides is 2. The number of aliphatic hydroxyl groups excluding tert-OH is 2. The van der Waals surface area contributed by atoms with Crippen molar-refractivity contribution in [2.24, 2.45) is 5.41 Å². The smallest absolute Gasteiger partial charge is 0.386 e. The number of carbonyl (C=O) groups is 3. The number of aliphatic hydroxyl groups is 2. The van der Waals surface area contributed by atoms with Crippen LogP contribution in [0, 0.1) is 5.41 Å². The standard InChI is InChI=1S/C37H66N7O17P3S/c1-4-5-6-7-8-9-10-11-12-13-14-15-16-17-28(46)65-21-20-39-27(45)18-19-40-35(49)32(48)37(2,3)23-58-64(55,56)61-63(53,54)57-22-26-31(60-62(50,51)52)30(47)36(59-26)44-25-43-29-33(38)41-24-42-34(29)44/h24-26,30-32,36,47-48H,4-23H2,1-3H3,(H,39,45)(H,40,49)(H,53,54)(H,55,56)(H2,38,41,42)(H2,50,51,52)/t26-,30?,31+,32+,36-/m1/s1. The molecule has 1 fully saturated rings. The number of fused-ring (bicyclic) bond motifs is 1. The van der Waals surface area contributed by atoms with Crippen LogP contribution in [0.5, 0.6) is 0 Å². The minimum Gasteiger partial charge on any atom is -0.386 e. The monoisotopic (exact) mass is 1010 g/mol. The van der Waals surface area contributed by atoms with Crippen LogP contribution in [0.25, 0.3) is 11.2 Å². The van der Waals surface area contributed by atoms with E-state index in [-0.39, 0.29) is 41.6 Å². The van der Waals surface area contributed by atoms with E-state index in [4.69, 9.17) is 19.5 Å². The average Bonchev–Trinajstić information content (AvgIpc) is 3.79. The highest BCUT2D eigenvalue weighted by atomic mass is 32.2. The molecule has 3 unspecified atom stereocenters. The van der Waals surface area contributed by atoms with Gasteiger partial charge in [0.05, 0.1) is 19.5 Å². The molecule has 0 saturated carbocycles. The number of nitrogen functional groups attached to an aromatic ring is 1. The molecule has 0 aliphatic carbocycles. The summed E-state index contributed by atoms with van der Waals surface area (Å²) < 4.78 is 62.4. The first-order chi connectivity index (χ1) is 30.6. The number of anilines is 1. The fraction of sp³-hybridized carbons (Fsp3) is 0.784. The summed E-state index contributed by atoms with van der Waals surface area (Å²) in [5.41, 5.74) is 4.29. The summed E-state index contributed by atoms with van der Waals surface area (Å²) in [4.78, 5) is 88.3. The molecule has 1 aliphatic rings. The Kier molecular flexibility index (Phi) is 24.1. The summed E-state index contributed by atoms with van der Waals surface area (Å²) in [6.45, 7) is 2.81. The molecule has 0 aromatic carbocycles. The predicted octanol–water partition coefficient (Wildman–Crippen LogP) is 4.15. The van der Waals surface area contributed by atoms with Crippen LogP contribution in [-0.4, -0.2) is 123 Å². The van der Waals surface area contributed by atoms with Gasteiger partial charge in [-0.3, -0.25) is 32.5 Å². The van der Waals surface area contributed by atoms with E-state index in [2.05, 4.69) is 41.3 Å². The van der Waals surface area contributed by atoms with E-state index < -0.39 is 84.6 Å². The van der Waals surface area contributed by atoms with Crippen molar-refractivity contribution < 1.29 is 80.5 Å². The maximum Gasteiger partial charge on any atom is 0.481 e. The van der Waals surface area contributed by atoms with Crippen LogP contribution in [0.1, 0.15) is 123 Å². The maximum absolute atomic E-state index is 12.7.